The first kappa shape index (κ1) is 20.2. The first-order valence-corrected chi connectivity index (χ1v) is 8.61. The molecule has 2 aromatic rings. The quantitative estimate of drug-likeness (QED) is 0.602. The van der Waals surface area contributed by atoms with Gasteiger partial charge < -0.3 is 9.84 Å². The van der Waals surface area contributed by atoms with Crippen LogP contribution >= 0.6 is 0 Å². The maximum atomic E-state index is 12.1. The second kappa shape index (κ2) is 8.49. The van der Waals surface area contributed by atoms with E-state index in [1.807, 2.05) is 24.3 Å². The molecule has 0 aliphatic rings. The average molecular weight is 368 g/mol. The van der Waals surface area contributed by atoms with E-state index in [0.29, 0.717) is 11.3 Å². The fraction of sp³-hybridized carbons (Fsp3) is 0.286. The number of carboxylic acids is 1. The summed E-state index contributed by atoms with van der Waals surface area (Å²) >= 11 is 0. The van der Waals surface area contributed by atoms with E-state index in [1.54, 1.807) is 25.1 Å². The molecule has 0 saturated heterocycles. The van der Waals surface area contributed by atoms with Crippen LogP contribution in [0.2, 0.25) is 0 Å². The number of carbonyl (C=O) groups is 2. The van der Waals surface area contributed by atoms with Crippen LogP contribution in [-0.2, 0) is 10.2 Å². The molecule has 6 nitrogen and oxygen atoms in total. The van der Waals surface area contributed by atoms with E-state index in [9.17, 15) is 9.59 Å². The summed E-state index contributed by atoms with van der Waals surface area (Å²) in [5.41, 5.74) is 4.09. The number of carboxylic acid groups (broad SMARTS) is 1. The van der Waals surface area contributed by atoms with Crippen LogP contribution in [0.25, 0.3) is 0 Å². The molecule has 0 spiro atoms. The number of amides is 1. The lowest BCUT2D eigenvalue weighted by atomic mass is 9.87. The summed E-state index contributed by atoms with van der Waals surface area (Å²) < 4.78 is 5.63. The summed E-state index contributed by atoms with van der Waals surface area (Å²) in [7, 11) is 0. The van der Waals surface area contributed by atoms with E-state index in [0.717, 1.165) is 0 Å². The van der Waals surface area contributed by atoms with Gasteiger partial charge in [0.15, 0.2) is 6.10 Å². The lowest BCUT2D eigenvalue weighted by molar-refractivity contribution is -0.127. The minimum Gasteiger partial charge on any atom is -0.481 e. The van der Waals surface area contributed by atoms with Crippen LogP contribution in [0.4, 0.5) is 0 Å². The zero-order valence-electron chi connectivity index (χ0n) is 15.9. The van der Waals surface area contributed by atoms with Crippen molar-refractivity contribution in [1.82, 2.24) is 5.43 Å². The summed E-state index contributed by atoms with van der Waals surface area (Å²) in [6.07, 6.45) is 0.545. The number of ether oxygens (including phenoxy) is 1. The molecule has 1 unspecified atom stereocenters. The smallest absolute Gasteiger partial charge is 0.336 e. The van der Waals surface area contributed by atoms with Gasteiger partial charge in [0.1, 0.15) is 5.75 Å². The Bertz CT molecular complexity index is 836. The van der Waals surface area contributed by atoms with Gasteiger partial charge in [0.05, 0.1) is 11.8 Å². The standard InChI is InChI=1S/C21H24N2O4/c1-14(27-17-11-9-16(10-12-17)21(2,3)4)19(24)23-22-13-15-7-5-6-8-18(15)20(25)26/h5-14H,1-4H3,(H,23,24)(H,25,26)/b22-13+. The van der Waals surface area contributed by atoms with Crippen LogP contribution in [-0.4, -0.2) is 29.3 Å². The normalized spacial score (nSPS) is 12.6. The van der Waals surface area contributed by atoms with Crippen molar-refractivity contribution in [2.45, 2.75) is 39.2 Å². The molecule has 142 valence electrons. The van der Waals surface area contributed by atoms with Crippen molar-refractivity contribution in [1.29, 1.82) is 0 Å². The first-order chi connectivity index (χ1) is 12.7. The number of nitrogens with one attached hydrogen (secondary N) is 1. The summed E-state index contributed by atoms with van der Waals surface area (Å²) in [5.74, 6) is -0.899. The molecular weight excluding hydrogens is 344 g/mol. The molecule has 27 heavy (non-hydrogen) atoms. The SMILES string of the molecule is CC(Oc1ccc(C(C)(C)C)cc1)C(=O)N/N=C/c1ccccc1C(=O)O. The second-order valence-electron chi connectivity index (χ2n) is 7.16. The van der Waals surface area contributed by atoms with Crippen molar-refractivity contribution in [2.75, 3.05) is 0 Å². The Morgan fingerprint density at radius 1 is 1.11 bits per heavy atom. The van der Waals surface area contributed by atoms with Crippen molar-refractivity contribution in [3.63, 3.8) is 0 Å². The molecule has 0 radical (unpaired) electrons. The maximum Gasteiger partial charge on any atom is 0.336 e. The summed E-state index contributed by atoms with van der Waals surface area (Å²) in [5, 5.41) is 13.0. The number of hydrazone groups is 1. The van der Waals surface area contributed by atoms with Crippen molar-refractivity contribution in [2.24, 2.45) is 5.10 Å². The number of rotatable bonds is 6. The minimum atomic E-state index is -1.06. The predicted octanol–water partition coefficient (Wildman–Crippen LogP) is 3.60. The van der Waals surface area contributed by atoms with E-state index in [4.69, 9.17) is 9.84 Å². The number of hydrogen-bond donors (Lipinski definition) is 2. The largest absolute Gasteiger partial charge is 0.481 e. The molecule has 6 heteroatoms. The Labute approximate surface area is 158 Å². The molecule has 1 atom stereocenters. The lowest BCUT2D eigenvalue weighted by Crippen LogP contribution is -2.33. The number of carbonyl (C=O) groups excluding carboxylic acids is 1. The van der Waals surface area contributed by atoms with Gasteiger partial charge in [-0.15, -0.1) is 0 Å². The number of aromatic carboxylic acids is 1. The van der Waals surface area contributed by atoms with Crippen LogP contribution in [0.15, 0.2) is 53.6 Å². The fourth-order valence-corrected chi connectivity index (χ4v) is 2.35. The average Bonchev–Trinajstić information content (AvgIpc) is 2.61. The molecule has 0 aromatic heterocycles. The molecule has 0 saturated carbocycles. The summed E-state index contributed by atoms with van der Waals surface area (Å²) in [6.45, 7) is 7.99. The van der Waals surface area contributed by atoms with Gasteiger partial charge in [0.25, 0.3) is 5.91 Å². The third-order valence-corrected chi connectivity index (χ3v) is 3.97. The van der Waals surface area contributed by atoms with Crippen LogP contribution in [0, 0.1) is 0 Å². The van der Waals surface area contributed by atoms with Crippen LogP contribution < -0.4 is 10.2 Å². The minimum absolute atomic E-state index is 0.0441. The van der Waals surface area contributed by atoms with E-state index in [2.05, 4.69) is 31.3 Å². The Morgan fingerprint density at radius 2 is 1.74 bits per heavy atom. The Morgan fingerprint density at radius 3 is 2.33 bits per heavy atom. The number of benzene rings is 2. The second-order valence-corrected chi connectivity index (χ2v) is 7.16. The highest BCUT2D eigenvalue weighted by molar-refractivity contribution is 5.98. The monoisotopic (exact) mass is 368 g/mol. The molecule has 2 aromatic carbocycles. The van der Waals surface area contributed by atoms with Gasteiger partial charge in [-0.3, -0.25) is 4.79 Å². The van der Waals surface area contributed by atoms with Gasteiger partial charge in [0.2, 0.25) is 0 Å². The fourth-order valence-electron chi connectivity index (χ4n) is 2.35. The van der Waals surface area contributed by atoms with E-state index in [-0.39, 0.29) is 11.0 Å². The van der Waals surface area contributed by atoms with Crippen LogP contribution in [0.1, 0.15) is 49.2 Å². The van der Waals surface area contributed by atoms with Crippen molar-refractivity contribution in [3.8, 4) is 5.75 Å². The number of hydrogen-bond acceptors (Lipinski definition) is 4. The van der Waals surface area contributed by atoms with E-state index >= 15 is 0 Å². The first-order valence-electron chi connectivity index (χ1n) is 8.61. The highest BCUT2D eigenvalue weighted by Crippen LogP contribution is 2.24. The zero-order valence-corrected chi connectivity index (χ0v) is 15.9. The van der Waals surface area contributed by atoms with Gasteiger partial charge >= 0.3 is 5.97 Å². The topological polar surface area (TPSA) is 88.0 Å². The third-order valence-electron chi connectivity index (χ3n) is 3.97. The molecule has 2 N–H and O–H groups in total. The Hall–Kier alpha value is -3.15. The molecule has 2 rings (SSSR count). The van der Waals surface area contributed by atoms with E-state index in [1.165, 1.54) is 17.8 Å². The molecule has 1 amide bonds. The highest BCUT2D eigenvalue weighted by Gasteiger charge is 2.16. The van der Waals surface area contributed by atoms with Crippen molar-refractivity contribution >= 4 is 18.1 Å². The highest BCUT2D eigenvalue weighted by atomic mass is 16.5. The maximum absolute atomic E-state index is 12.1. The van der Waals surface area contributed by atoms with Gasteiger partial charge in [0, 0.05) is 5.56 Å². The summed E-state index contributed by atoms with van der Waals surface area (Å²) in [6, 6.07) is 14.0. The van der Waals surface area contributed by atoms with Crippen LogP contribution in [0.5, 0.6) is 5.75 Å². The molecule has 0 heterocycles. The predicted molar refractivity (Wildman–Crippen MR) is 104 cm³/mol. The number of nitrogens with zero attached hydrogens (tertiary/aromatic N) is 1. The molecular formula is C21H24N2O4. The van der Waals surface area contributed by atoms with E-state index < -0.39 is 18.0 Å². The third kappa shape index (κ3) is 5.67. The van der Waals surface area contributed by atoms with Gasteiger partial charge in [-0.2, -0.15) is 5.10 Å². The Kier molecular flexibility index (Phi) is 6.34. The zero-order chi connectivity index (χ0) is 20.0. The molecule has 0 aliphatic heterocycles. The van der Waals surface area contributed by atoms with Crippen molar-refractivity contribution in [3.05, 3.63) is 65.2 Å². The molecule has 0 bridgehead atoms. The summed E-state index contributed by atoms with van der Waals surface area (Å²) in [4.78, 5) is 23.3. The molecule has 0 fully saturated rings. The molecule has 0 aliphatic carbocycles. The lowest BCUT2D eigenvalue weighted by Gasteiger charge is -2.20. The Balaban J connectivity index is 1.95. The van der Waals surface area contributed by atoms with Gasteiger partial charge in [-0.25, -0.2) is 10.2 Å². The van der Waals surface area contributed by atoms with Gasteiger partial charge in [-0.1, -0.05) is 51.1 Å². The van der Waals surface area contributed by atoms with Crippen molar-refractivity contribution < 1.29 is 19.4 Å². The van der Waals surface area contributed by atoms with Crippen LogP contribution in [0.3, 0.4) is 0 Å². The van der Waals surface area contributed by atoms with Gasteiger partial charge in [-0.05, 0) is 36.1 Å².